The second-order valence-electron chi connectivity index (χ2n) is 5.65. The predicted octanol–water partition coefficient (Wildman–Crippen LogP) is 1.50. The number of aryl methyl sites for hydroxylation is 1. The summed E-state index contributed by atoms with van der Waals surface area (Å²) in [4.78, 5) is 17.0. The van der Waals surface area contributed by atoms with E-state index in [-0.39, 0.29) is 5.91 Å². The molecule has 2 heterocycles. The molecule has 2 saturated heterocycles. The SMILES string of the molecule is Cc1ccc(C(=O)N2CCN3CCC[C@H]3C2)cc1N. The van der Waals surface area contributed by atoms with Crippen LogP contribution in [0.5, 0.6) is 0 Å². The molecule has 4 heteroatoms. The predicted molar refractivity (Wildman–Crippen MR) is 76.1 cm³/mol. The lowest BCUT2D eigenvalue weighted by atomic mass is 10.1. The Morgan fingerprint density at radius 1 is 1.32 bits per heavy atom. The summed E-state index contributed by atoms with van der Waals surface area (Å²) in [6, 6.07) is 6.18. The molecule has 2 aliphatic rings. The average molecular weight is 259 g/mol. The van der Waals surface area contributed by atoms with Gasteiger partial charge in [-0.25, -0.2) is 0 Å². The second kappa shape index (κ2) is 4.85. The van der Waals surface area contributed by atoms with E-state index < -0.39 is 0 Å². The first-order valence-corrected chi connectivity index (χ1v) is 7.04. The number of nitrogen functional groups attached to an aromatic ring is 1. The van der Waals surface area contributed by atoms with E-state index in [2.05, 4.69) is 4.90 Å². The van der Waals surface area contributed by atoms with Gasteiger partial charge in [-0.3, -0.25) is 9.69 Å². The lowest BCUT2D eigenvalue weighted by molar-refractivity contribution is 0.0571. The van der Waals surface area contributed by atoms with Crippen molar-refractivity contribution in [2.75, 3.05) is 31.9 Å². The molecule has 1 atom stereocenters. The van der Waals surface area contributed by atoms with Gasteiger partial charge in [0.15, 0.2) is 0 Å². The number of fused-ring (bicyclic) bond motifs is 1. The number of hydrogen-bond donors (Lipinski definition) is 1. The van der Waals surface area contributed by atoms with Crippen LogP contribution in [0.15, 0.2) is 18.2 Å². The van der Waals surface area contributed by atoms with Crippen molar-refractivity contribution >= 4 is 11.6 Å². The standard InChI is InChI=1S/C15H21N3O/c1-11-4-5-12(9-14(11)16)15(19)18-8-7-17-6-2-3-13(17)10-18/h4-5,9,13H,2-3,6-8,10,16H2,1H3/t13-/m0/s1. The number of hydrogen-bond acceptors (Lipinski definition) is 3. The number of amides is 1. The van der Waals surface area contributed by atoms with Gasteiger partial charge in [-0.1, -0.05) is 6.07 Å². The van der Waals surface area contributed by atoms with E-state index in [1.54, 1.807) is 6.07 Å². The smallest absolute Gasteiger partial charge is 0.254 e. The molecule has 0 spiro atoms. The maximum atomic E-state index is 12.5. The zero-order valence-electron chi connectivity index (χ0n) is 11.4. The Bertz CT molecular complexity index is 500. The molecule has 3 rings (SSSR count). The lowest BCUT2D eigenvalue weighted by Crippen LogP contribution is -2.52. The van der Waals surface area contributed by atoms with E-state index in [1.165, 1.54) is 19.4 Å². The van der Waals surface area contributed by atoms with Crippen molar-refractivity contribution in [2.45, 2.75) is 25.8 Å². The van der Waals surface area contributed by atoms with Crippen LogP contribution in [0.25, 0.3) is 0 Å². The highest BCUT2D eigenvalue weighted by Gasteiger charge is 2.32. The highest BCUT2D eigenvalue weighted by atomic mass is 16.2. The number of anilines is 1. The number of nitrogens with zero attached hydrogens (tertiary/aromatic N) is 2. The van der Waals surface area contributed by atoms with Crippen LogP contribution in [0.4, 0.5) is 5.69 Å². The molecule has 0 bridgehead atoms. The van der Waals surface area contributed by atoms with Crippen LogP contribution in [-0.4, -0.2) is 47.9 Å². The molecule has 0 aliphatic carbocycles. The van der Waals surface area contributed by atoms with Gasteiger partial charge in [0.1, 0.15) is 0 Å². The third kappa shape index (κ3) is 2.32. The number of nitrogens with two attached hydrogens (primary N) is 1. The van der Waals surface area contributed by atoms with Crippen molar-refractivity contribution in [2.24, 2.45) is 0 Å². The minimum absolute atomic E-state index is 0.123. The molecule has 1 aromatic rings. The quantitative estimate of drug-likeness (QED) is 0.778. The lowest BCUT2D eigenvalue weighted by Gasteiger charge is -2.37. The molecule has 0 radical (unpaired) electrons. The van der Waals surface area contributed by atoms with Gasteiger partial charge in [0.05, 0.1) is 0 Å². The van der Waals surface area contributed by atoms with Crippen LogP contribution < -0.4 is 5.73 Å². The van der Waals surface area contributed by atoms with Gasteiger partial charge in [0.25, 0.3) is 5.91 Å². The first kappa shape index (κ1) is 12.5. The summed E-state index contributed by atoms with van der Waals surface area (Å²) >= 11 is 0. The van der Waals surface area contributed by atoms with Crippen LogP contribution in [0.1, 0.15) is 28.8 Å². The van der Waals surface area contributed by atoms with Crippen LogP contribution in [0.3, 0.4) is 0 Å². The number of benzene rings is 1. The highest BCUT2D eigenvalue weighted by Crippen LogP contribution is 2.23. The summed E-state index contributed by atoms with van der Waals surface area (Å²) < 4.78 is 0. The van der Waals surface area contributed by atoms with Gasteiger partial charge < -0.3 is 10.6 Å². The van der Waals surface area contributed by atoms with Crippen molar-refractivity contribution in [3.05, 3.63) is 29.3 Å². The van der Waals surface area contributed by atoms with Gasteiger partial charge >= 0.3 is 0 Å². The molecule has 102 valence electrons. The average Bonchev–Trinajstić information content (AvgIpc) is 2.88. The van der Waals surface area contributed by atoms with E-state index in [9.17, 15) is 4.79 Å². The zero-order chi connectivity index (χ0) is 13.4. The van der Waals surface area contributed by atoms with Gasteiger partial charge in [-0.15, -0.1) is 0 Å². The van der Waals surface area contributed by atoms with Gasteiger partial charge in [-0.05, 0) is 44.0 Å². The van der Waals surface area contributed by atoms with Crippen molar-refractivity contribution < 1.29 is 4.79 Å². The summed E-state index contributed by atoms with van der Waals surface area (Å²) in [5.41, 5.74) is 8.34. The van der Waals surface area contributed by atoms with Crippen LogP contribution in [-0.2, 0) is 0 Å². The number of carbonyl (C=O) groups excluding carboxylic acids is 1. The zero-order valence-corrected chi connectivity index (χ0v) is 11.4. The van der Waals surface area contributed by atoms with Crippen molar-refractivity contribution in [3.63, 3.8) is 0 Å². The minimum atomic E-state index is 0.123. The van der Waals surface area contributed by atoms with Crippen molar-refractivity contribution in [1.29, 1.82) is 0 Å². The van der Waals surface area contributed by atoms with E-state index in [4.69, 9.17) is 5.73 Å². The summed E-state index contributed by atoms with van der Waals surface area (Å²) in [5, 5.41) is 0. The highest BCUT2D eigenvalue weighted by molar-refractivity contribution is 5.95. The van der Waals surface area contributed by atoms with Crippen molar-refractivity contribution in [3.8, 4) is 0 Å². The first-order chi connectivity index (χ1) is 9.15. The fourth-order valence-electron chi connectivity index (χ4n) is 3.13. The fraction of sp³-hybridized carbons (Fsp3) is 0.533. The number of piperazine rings is 1. The molecule has 1 aromatic carbocycles. The Hall–Kier alpha value is -1.55. The summed E-state index contributed by atoms with van der Waals surface area (Å²) in [6.45, 7) is 5.87. The van der Waals surface area contributed by atoms with E-state index in [1.807, 2.05) is 24.0 Å². The van der Waals surface area contributed by atoms with Crippen LogP contribution in [0, 0.1) is 6.92 Å². The Morgan fingerprint density at radius 2 is 2.16 bits per heavy atom. The minimum Gasteiger partial charge on any atom is -0.398 e. The third-order valence-electron chi connectivity index (χ3n) is 4.40. The summed E-state index contributed by atoms with van der Waals surface area (Å²) in [6.07, 6.45) is 2.49. The molecular formula is C15H21N3O. The van der Waals surface area contributed by atoms with Crippen LogP contribution in [0.2, 0.25) is 0 Å². The Morgan fingerprint density at radius 3 is 2.95 bits per heavy atom. The normalized spacial score (nSPS) is 23.4. The molecule has 4 nitrogen and oxygen atoms in total. The number of rotatable bonds is 1. The maximum Gasteiger partial charge on any atom is 0.254 e. The molecule has 0 aromatic heterocycles. The second-order valence-corrected chi connectivity index (χ2v) is 5.65. The van der Waals surface area contributed by atoms with Gasteiger partial charge in [-0.2, -0.15) is 0 Å². The van der Waals surface area contributed by atoms with Crippen molar-refractivity contribution in [1.82, 2.24) is 9.80 Å². The molecule has 2 aliphatic heterocycles. The largest absolute Gasteiger partial charge is 0.398 e. The van der Waals surface area contributed by atoms with E-state index in [0.717, 1.165) is 30.8 Å². The maximum absolute atomic E-state index is 12.5. The fourth-order valence-corrected chi connectivity index (χ4v) is 3.13. The molecule has 2 fully saturated rings. The van der Waals surface area contributed by atoms with Crippen LogP contribution >= 0.6 is 0 Å². The Balaban J connectivity index is 1.74. The third-order valence-corrected chi connectivity index (χ3v) is 4.40. The van der Waals surface area contributed by atoms with Gasteiger partial charge in [0, 0.05) is 36.9 Å². The molecule has 2 N–H and O–H groups in total. The van der Waals surface area contributed by atoms with E-state index in [0.29, 0.717) is 11.7 Å². The van der Waals surface area contributed by atoms with E-state index >= 15 is 0 Å². The molecule has 19 heavy (non-hydrogen) atoms. The monoisotopic (exact) mass is 259 g/mol. The number of carbonyl (C=O) groups is 1. The summed E-state index contributed by atoms with van der Waals surface area (Å²) in [7, 11) is 0. The summed E-state index contributed by atoms with van der Waals surface area (Å²) in [5.74, 6) is 0.123. The Labute approximate surface area is 114 Å². The first-order valence-electron chi connectivity index (χ1n) is 7.04. The molecule has 0 saturated carbocycles. The molecular weight excluding hydrogens is 238 g/mol. The van der Waals surface area contributed by atoms with Gasteiger partial charge in [0.2, 0.25) is 0 Å². The molecule has 0 unspecified atom stereocenters. The molecule has 1 amide bonds. The topological polar surface area (TPSA) is 49.6 Å². The Kier molecular flexibility index (Phi) is 3.19.